The molecule has 1 N–H and O–H groups in total. The molecule has 9 heteroatoms. The number of nitrogens with one attached hydrogen (secondary N) is 1. The van der Waals surface area contributed by atoms with Crippen molar-refractivity contribution in [3.8, 4) is 16.3 Å². The van der Waals surface area contributed by atoms with Gasteiger partial charge in [-0.2, -0.15) is 5.10 Å². The number of nitrogens with zero attached hydrogens (tertiary/aromatic N) is 3. The average Bonchev–Trinajstić information content (AvgIpc) is 3.50. The molecule has 0 saturated heterocycles. The number of aromatic nitrogens is 2. The Balaban J connectivity index is 1.57. The van der Waals surface area contributed by atoms with Gasteiger partial charge in [0, 0.05) is 11.7 Å². The van der Waals surface area contributed by atoms with E-state index in [1.807, 2.05) is 17.5 Å². The molecule has 5 rings (SSSR count). The number of methoxy groups -OCH3 is 1. The zero-order chi connectivity index (χ0) is 23.9. The lowest BCUT2D eigenvalue weighted by molar-refractivity contribution is -0.127. The van der Waals surface area contributed by atoms with Crippen molar-refractivity contribution in [1.82, 2.24) is 15.1 Å². The normalized spacial score (nSPS) is 20.8. The van der Waals surface area contributed by atoms with Crippen molar-refractivity contribution < 1.29 is 14.3 Å². The van der Waals surface area contributed by atoms with Crippen LogP contribution in [0.5, 0.6) is 5.75 Å². The van der Waals surface area contributed by atoms with E-state index < -0.39 is 5.54 Å². The molecule has 178 valence electrons. The highest BCUT2D eigenvalue weighted by Gasteiger charge is 2.49. The second-order valence-electron chi connectivity index (χ2n) is 9.09. The third-order valence-corrected chi connectivity index (χ3v) is 7.94. The summed E-state index contributed by atoms with van der Waals surface area (Å²) < 4.78 is 6.95. The molecule has 1 aliphatic heterocycles. The second-order valence-corrected chi connectivity index (χ2v) is 10.4. The average molecular weight is 499 g/mol. The Bertz CT molecular complexity index is 1220. The summed E-state index contributed by atoms with van der Waals surface area (Å²) in [6, 6.07) is 11.0. The van der Waals surface area contributed by atoms with Gasteiger partial charge in [0.15, 0.2) is 0 Å². The molecular weight excluding hydrogens is 472 g/mol. The lowest BCUT2D eigenvalue weighted by Crippen LogP contribution is -2.65. The molecule has 3 aromatic rings. The quantitative estimate of drug-likeness (QED) is 0.528. The van der Waals surface area contributed by atoms with Gasteiger partial charge in [-0.25, -0.2) is 0 Å². The maximum Gasteiger partial charge on any atom is 0.277 e. The third-order valence-electron chi connectivity index (χ3n) is 6.75. The Kier molecular flexibility index (Phi) is 6.12. The Morgan fingerprint density at radius 2 is 2.03 bits per heavy atom. The molecular formula is C25H27ClN4O3S. The van der Waals surface area contributed by atoms with E-state index in [1.54, 1.807) is 59.2 Å². The molecule has 3 heterocycles. The van der Waals surface area contributed by atoms with E-state index in [9.17, 15) is 9.59 Å². The van der Waals surface area contributed by atoms with Gasteiger partial charge < -0.3 is 10.1 Å². The van der Waals surface area contributed by atoms with E-state index in [2.05, 4.69) is 5.32 Å². The van der Waals surface area contributed by atoms with E-state index in [-0.39, 0.29) is 24.4 Å². The predicted octanol–water partition coefficient (Wildman–Crippen LogP) is 5.14. The fraction of sp³-hybridized carbons (Fsp3) is 0.400. The fourth-order valence-corrected chi connectivity index (χ4v) is 5.85. The van der Waals surface area contributed by atoms with Gasteiger partial charge in [-0.3, -0.25) is 19.2 Å². The Morgan fingerprint density at radius 1 is 1.24 bits per heavy atom. The summed E-state index contributed by atoms with van der Waals surface area (Å²) in [4.78, 5) is 30.2. The summed E-state index contributed by atoms with van der Waals surface area (Å²) in [6.07, 6.45) is 5.32. The number of carbonyl (C=O) groups is 2. The molecule has 1 aromatic carbocycles. The van der Waals surface area contributed by atoms with Crippen molar-refractivity contribution in [2.75, 3.05) is 12.0 Å². The highest BCUT2D eigenvalue weighted by Crippen LogP contribution is 2.38. The summed E-state index contributed by atoms with van der Waals surface area (Å²) in [5.74, 6) is 0.0378. The van der Waals surface area contributed by atoms with E-state index in [1.165, 1.54) is 6.42 Å². The number of anilines is 1. The number of benzene rings is 1. The van der Waals surface area contributed by atoms with Crippen LogP contribution < -0.4 is 15.0 Å². The van der Waals surface area contributed by atoms with Crippen LogP contribution in [0.2, 0.25) is 5.02 Å². The maximum atomic E-state index is 13.9. The van der Waals surface area contributed by atoms with E-state index in [4.69, 9.17) is 21.4 Å². The molecule has 7 nitrogen and oxygen atoms in total. The van der Waals surface area contributed by atoms with Crippen LogP contribution in [-0.2, 0) is 11.3 Å². The first-order valence-electron chi connectivity index (χ1n) is 11.5. The molecule has 0 radical (unpaired) electrons. The number of fused-ring (bicyclic) bond motifs is 1. The first-order valence-corrected chi connectivity index (χ1v) is 12.8. The monoisotopic (exact) mass is 498 g/mol. The minimum atomic E-state index is -1.18. The SMILES string of the molecule is COc1ccc(N2C(=O)c3cc(-c4cccs4)nn3C[C@@]2(C)C(=O)NC2CCCCC2)cc1Cl. The molecule has 2 aliphatic rings. The van der Waals surface area contributed by atoms with Gasteiger partial charge in [-0.1, -0.05) is 36.9 Å². The number of hydrogen-bond donors (Lipinski definition) is 1. The highest BCUT2D eigenvalue weighted by atomic mass is 35.5. The number of rotatable bonds is 5. The molecule has 1 aliphatic carbocycles. The van der Waals surface area contributed by atoms with Gasteiger partial charge in [-0.15, -0.1) is 11.3 Å². The molecule has 34 heavy (non-hydrogen) atoms. The number of thiophene rings is 1. The summed E-state index contributed by atoms with van der Waals surface area (Å²) in [7, 11) is 1.54. The Hall–Kier alpha value is -2.84. The van der Waals surface area contributed by atoms with Gasteiger partial charge in [0.05, 0.1) is 23.6 Å². The standard InChI is InChI=1S/C25H27ClN4O3S/c1-25(24(32)27-16-7-4-3-5-8-16)15-29-20(14-19(28-29)22-9-6-12-34-22)23(31)30(25)17-10-11-21(33-2)18(26)13-17/h6,9-14,16H,3-5,7-8,15H2,1-2H3,(H,27,32)/t25-/m0/s1. The number of carbonyl (C=O) groups excluding carboxylic acids is 2. The van der Waals surface area contributed by atoms with Gasteiger partial charge in [0.1, 0.15) is 22.7 Å². The van der Waals surface area contributed by atoms with Crippen LogP contribution in [0.1, 0.15) is 49.5 Å². The Morgan fingerprint density at radius 3 is 2.71 bits per heavy atom. The third kappa shape index (κ3) is 3.99. The van der Waals surface area contributed by atoms with Crippen LogP contribution in [-0.4, -0.2) is 40.3 Å². The van der Waals surface area contributed by atoms with Crippen molar-refractivity contribution >= 4 is 40.4 Å². The van der Waals surface area contributed by atoms with Crippen LogP contribution in [0.3, 0.4) is 0 Å². The topological polar surface area (TPSA) is 76.5 Å². The second kappa shape index (κ2) is 9.07. The number of halogens is 1. The molecule has 0 unspecified atom stereocenters. The zero-order valence-electron chi connectivity index (χ0n) is 19.2. The maximum absolute atomic E-state index is 13.9. The molecule has 1 fully saturated rings. The van der Waals surface area contributed by atoms with Gasteiger partial charge in [0.25, 0.3) is 5.91 Å². The van der Waals surface area contributed by atoms with Crippen LogP contribution in [0, 0.1) is 0 Å². The first-order chi connectivity index (χ1) is 16.4. The molecule has 2 amide bonds. The molecule has 1 saturated carbocycles. The lowest BCUT2D eigenvalue weighted by atomic mass is 9.91. The van der Waals surface area contributed by atoms with Crippen molar-refractivity contribution in [3.63, 3.8) is 0 Å². The number of amides is 2. The van der Waals surface area contributed by atoms with Crippen LogP contribution >= 0.6 is 22.9 Å². The van der Waals surface area contributed by atoms with Crippen molar-refractivity contribution in [2.45, 2.75) is 57.2 Å². The minimum Gasteiger partial charge on any atom is -0.495 e. The van der Waals surface area contributed by atoms with E-state index in [0.717, 1.165) is 36.3 Å². The van der Waals surface area contributed by atoms with Crippen LogP contribution in [0.4, 0.5) is 5.69 Å². The summed E-state index contributed by atoms with van der Waals surface area (Å²) >= 11 is 7.98. The van der Waals surface area contributed by atoms with Crippen LogP contribution in [0.25, 0.3) is 10.6 Å². The smallest absolute Gasteiger partial charge is 0.277 e. The fourth-order valence-electron chi connectivity index (χ4n) is 4.91. The van der Waals surface area contributed by atoms with Crippen molar-refractivity contribution in [1.29, 1.82) is 0 Å². The molecule has 0 bridgehead atoms. The largest absolute Gasteiger partial charge is 0.495 e. The van der Waals surface area contributed by atoms with Crippen molar-refractivity contribution in [2.24, 2.45) is 0 Å². The summed E-state index contributed by atoms with van der Waals surface area (Å²) in [5.41, 5.74) is 0.529. The summed E-state index contributed by atoms with van der Waals surface area (Å²) in [5, 5.41) is 10.3. The minimum absolute atomic E-state index is 0.121. The lowest BCUT2D eigenvalue weighted by Gasteiger charge is -2.44. The highest BCUT2D eigenvalue weighted by molar-refractivity contribution is 7.13. The number of hydrogen-bond acceptors (Lipinski definition) is 5. The van der Waals surface area contributed by atoms with Gasteiger partial charge in [-0.05, 0) is 55.5 Å². The first kappa shape index (κ1) is 22.9. The predicted molar refractivity (Wildman–Crippen MR) is 134 cm³/mol. The van der Waals surface area contributed by atoms with E-state index in [0.29, 0.717) is 22.2 Å². The van der Waals surface area contributed by atoms with Gasteiger partial charge in [0.2, 0.25) is 5.91 Å². The van der Waals surface area contributed by atoms with Gasteiger partial charge >= 0.3 is 0 Å². The molecule has 1 atom stereocenters. The number of ether oxygens (including phenoxy) is 1. The Labute approximate surface area is 207 Å². The van der Waals surface area contributed by atoms with Crippen molar-refractivity contribution in [3.05, 3.63) is 52.5 Å². The molecule has 2 aromatic heterocycles. The zero-order valence-corrected chi connectivity index (χ0v) is 20.8. The van der Waals surface area contributed by atoms with Crippen LogP contribution in [0.15, 0.2) is 41.8 Å². The van der Waals surface area contributed by atoms with E-state index >= 15 is 0 Å². The summed E-state index contributed by atoms with van der Waals surface area (Å²) in [6.45, 7) is 2.04. The molecule has 0 spiro atoms.